The first-order chi connectivity index (χ1) is 12.7. The molecule has 3 unspecified atom stereocenters. The summed E-state index contributed by atoms with van der Waals surface area (Å²) < 4.78 is 0. The van der Waals surface area contributed by atoms with Crippen molar-refractivity contribution >= 4 is 5.82 Å². The van der Waals surface area contributed by atoms with Crippen LogP contribution in [-0.2, 0) is 18.3 Å². The molecule has 3 nitrogen and oxygen atoms in total. The number of rotatable bonds is 1. The molecule has 5 rings (SSSR count). The highest BCUT2D eigenvalue weighted by Crippen LogP contribution is 2.54. The minimum atomic E-state index is 0.0981. The van der Waals surface area contributed by atoms with E-state index in [0.717, 1.165) is 13.0 Å². The summed E-state index contributed by atoms with van der Waals surface area (Å²) in [5.41, 5.74) is 5.94. The Hall–Kier alpha value is -1.90. The van der Waals surface area contributed by atoms with Gasteiger partial charge in [0.1, 0.15) is 12.1 Å². The number of hydrogen-bond donors (Lipinski definition) is 0. The van der Waals surface area contributed by atoms with E-state index in [0.29, 0.717) is 12.0 Å². The molecule has 2 heterocycles. The second-order valence-electron chi connectivity index (χ2n) is 8.65. The molecule has 1 aliphatic heterocycles. The van der Waals surface area contributed by atoms with Crippen molar-refractivity contribution in [2.24, 2.45) is 5.92 Å². The molecule has 2 aliphatic carbocycles. The Balaban J connectivity index is 1.68. The van der Waals surface area contributed by atoms with Gasteiger partial charge in [-0.05, 0) is 68.9 Å². The van der Waals surface area contributed by atoms with Gasteiger partial charge in [-0.1, -0.05) is 31.2 Å². The van der Waals surface area contributed by atoms with Crippen LogP contribution in [0, 0.1) is 5.92 Å². The van der Waals surface area contributed by atoms with Gasteiger partial charge in [-0.15, -0.1) is 0 Å². The Labute approximate surface area is 156 Å². The summed E-state index contributed by atoms with van der Waals surface area (Å²) in [6.45, 7) is 5.93. The van der Waals surface area contributed by atoms with Crippen molar-refractivity contribution in [3.05, 3.63) is 53.0 Å². The van der Waals surface area contributed by atoms with E-state index in [1.54, 1.807) is 0 Å². The van der Waals surface area contributed by atoms with Crippen molar-refractivity contribution in [3.8, 4) is 0 Å². The summed E-state index contributed by atoms with van der Waals surface area (Å²) in [7, 11) is 0. The number of nitrogens with zero attached hydrogens (tertiary/aromatic N) is 3. The van der Waals surface area contributed by atoms with Crippen LogP contribution in [0.5, 0.6) is 0 Å². The van der Waals surface area contributed by atoms with Gasteiger partial charge in [-0.3, -0.25) is 0 Å². The quantitative estimate of drug-likeness (QED) is 0.750. The predicted octanol–water partition coefficient (Wildman–Crippen LogP) is 4.67. The monoisotopic (exact) mass is 347 g/mol. The van der Waals surface area contributed by atoms with Crippen molar-refractivity contribution < 1.29 is 0 Å². The fourth-order valence-corrected chi connectivity index (χ4v) is 5.99. The summed E-state index contributed by atoms with van der Waals surface area (Å²) in [5.74, 6) is 1.85. The summed E-state index contributed by atoms with van der Waals surface area (Å²) in [6, 6.07) is 9.67. The van der Waals surface area contributed by atoms with Crippen LogP contribution in [0.4, 0.5) is 5.82 Å². The molecule has 136 valence electrons. The summed E-state index contributed by atoms with van der Waals surface area (Å²) in [4.78, 5) is 12.3. The van der Waals surface area contributed by atoms with Gasteiger partial charge in [-0.25, -0.2) is 9.97 Å². The van der Waals surface area contributed by atoms with Crippen molar-refractivity contribution in [2.45, 2.75) is 70.3 Å². The van der Waals surface area contributed by atoms with Gasteiger partial charge in [0.05, 0.1) is 5.69 Å². The van der Waals surface area contributed by atoms with Crippen LogP contribution in [0.1, 0.15) is 68.3 Å². The van der Waals surface area contributed by atoms with Crippen LogP contribution < -0.4 is 4.90 Å². The molecule has 3 aliphatic rings. The largest absolute Gasteiger partial charge is 0.354 e. The highest BCUT2D eigenvalue weighted by molar-refractivity contribution is 5.58. The highest BCUT2D eigenvalue weighted by Gasteiger charge is 2.49. The second-order valence-corrected chi connectivity index (χ2v) is 8.65. The Morgan fingerprint density at radius 3 is 2.85 bits per heavy atom. The molecule has 0 bridgehead atoms. The Morgan fingerprint density at radius 1 is 1.08 bits per heavy atom. The van der Waals surface area contributed by atoms with Gasteiger partial charge in [0.2, 0.25) is 0 Å². The van der Waals surface area contributed by atoms with Crippen molar-refractivity contribution in [1.29, 1.82) is 0 Å². The minimum absolute atomic E-state index is 0.0981. The van der Waals surface area contributed by atoms with Crippen LogP contribution in [0.15, 0.2) is 30.6 Å². The molecule has 3 heteroatoms. The molecule has 1 spiro atoms. The van der Waals surface area contributed by atoms with Gasteiger partial charge in [0.15, 0.2) is 0 Å². The first kappa shape index (κ1) is 16.3. The summed E-state index contributed by atoms with van der Waals surface area (Å²) >= 11 is 0. The number of fused-ring (bicyclic) bond motifs is 4. The molecule has 1 aromatic heterocycles. The molecular weight excluding hydrogens is 318 g/mol. The molecule has 1 fully saturated rings. The molecular formula is C23H29N3. The first-order valence-corrected chi connectivity index (χ1v) is 10.4. The minimum Gasteiger partial charge on any atom is -0.354 e. The molecule has 1 saturated heterocycles. The number of piperidine rings is 1. The van der Waals surface area contributed by atoms with Gasteiger partial charge in [-0.2, -0.15) is 0 Å². The number of benzene rings is 1. The maximum atomic E-state index is 4.95. The van der Waals surface area contributed by atoms with Gasteiger partial charge < -0.3 is 4.90 Å². The SMILES string of the molecule is CC1CCCCN1c1ncnc2c1CCCC21c2ccccc2CC1C. The third-order valence-corrected chi connectivity index (χ3v) is 7.28. The maximum absolute atomic E-state index is 4.95. The fraction of sp³-hybridized carbons (Fsp3) is 0.565. The molecule has 0 saturated carbocycles. The zero-order valence-corrected chi connectivity index (χ0v) is 16.0. The van der Waals surface area contributed by atoms with E-state index in [2.05, 4.69) is 43.0 Å². The van der Waals surface area contributed by atoms with E-state index in [1.807, 2.05) is 6.33 Å². The first-order valence-electron chi connectivity index (χ1n) is 10.4. The maximum Gasteiger partial charge on any atom is 0.135 e. The zero-order valence-electron chi connectivity index (χ0n) is 16.0. The average molecular weight is 348 g/mol. The summed E-state index contributed by atoms with van der Waals surface area (Å²) in [5, 5.41) is 0. The predicted molar refractivity (Wildman–Crippen MR) is 106 cm³/mol. The Kier molecular flexibility index (Phi) is 3.80. The van der Waals surface area contributed by atoms with Crippen LogP contribution in [-0.4, -0.2) is 22.6 Å². The molecule has 26 heavy (non-hydrogen) atoms. The average Bonchev–Trinajstić information content (AvgIpc) is 2.95. The van der Waals surface area contributed by atoms with Gasteiger partial charge in [0.25, 0.3) is 0 Å². The zero-order chi connectivity index (χ0) is 17.7. The third kappa shape index (κ3) is 2.19. The van der Waals surface area contributed by atoms with Crippen molar-refractivity contribution in [3.63, 3.8) is 0 Å². The van der Waals surface area contributed by atoms with E-state index >= 15 is 0 Å². The molecule has 0 amide bonds. The third-order valence-electron chi connectivity index (χ3n) is 7.28. The van der Waals surface area contributed by atoms with E-state index in [4.69, 9.17) is 9.97 Å². The van der Waals surface area contributed by atoms with Gasteiger partial charge >= 0.3 is 0 Å². The number of hydrogen-bond acceptors (Lipinski definition) is 3. The van der Waals surface area contributed by atoms with Gasteiger partial charge in [0, 0.05) is 23.6 Å². The lowest BCUT2D eigenvalue weighted by molar-refractivity contribution is 0.316. The number of anilines is 1. The standard InChI is InChI=1S/C23H29N3/c1-16-14-18-9-3-4-11-20(18)23(16)12-7-10-19-21(23)24-15-25-22(19)26-13-6-5-8-17(26)2/h3-4,9,11,15-17H,5-8,10,12-14H2,1-2H3. The smallest absolute Gasteiger partial charge is 0.135 e. The summed E-state index contributed by atoms with van der Waals surface area (Å²) in [6.07, 6.45) is 10.5. The molecule has 0 N–H and O–H groups in total. The second kappa shape index (κ2) is 6.07. The van der Waals surface area contributed by atoms with Crippen LogP contribution in [0.25, 0.3) is 0 Å². The Bertz CT molecular complexity index is 830. The van der Waals surface area contributed by atoms with E-state index in [9.17, 15) is 0 Å². The van der Waals surface area contributed by atoms with Crippen LogP contribution in [0.2, 0.25) is 0 Å². The van der Waals surface area contributed by atoms with Crippen molar-refractivity contribution in [2.75, 3.05) is 11.4 Å². The Morgan fingerprint density at radius 2 is 1.96 bits per heavy atom. The topological polar surface area (TPSA) is 29.0 Å². The van der Waals surface area contributed by atoms with E-state index < -0.39 is 0 Å². The fourth-order valence-electron chi connectivity index (χ4n) is 5.99. The number of aromatic nitrogens is 2. The van der Waals surface area contributed by atoms with E-state index in [-0.39, 0.29) is 5.41 Å². The molecule has 1 aromatic carbocycles. The van der Waals surface area contributed by atoms with Crippen LogP contribution >= 0.6 is 0 Å². The van der Waals surface area contributed by atoms with E-state index in [1.165, 1.54) is 66.7 Å². The normalized spacial score (nSPS) is 30.3. The molecule has 3 atom stereocenters. The van der Waals surface area contributed by atoms with Crippen molar-refractivity contribution in [1.82, 2.24) is 9.97 Å². The van der Waals surface area contributed by atoms with Crippen LogP contribution in [0.3, 0.4) is 0 Å². The lowest BCUT2D eigenvalue weighted by atomic mass is 9.65. The lowest BCUT2D eigenvalue weighted by Gasteiger charge is -2.42. The lowest BCUT2D eigenvalue weighted by Crippen LogP contribution is -2.41. The molecule has 2 aromatic rings. The highest BCUT2D eigenvalue weighted by atomic mass is 15.2. The molecule has 0 radical (unpaired) electrons.